The van der Waals surface area contributed by atoms with E-state index in [0.29, 0.717) is 29.7 Å². The molecule has 0 atom stereocenters. The molecule has 1 amide bonds. The molecule has 0 saturated carbocycles. The number of carbonyl (C=O) groups excluding carboxylic acids is 1. The number of likely N-dealkylation sites (tertiary alicyclic amines) is 1. The summed E-state index contributed by atoms with van der Waals surface area (Å²) in [7, 11) is 0. The van der Waals surface area contributed by atoms with Crippen molar-refractivity contribution in [3.8, 4) is 0 Å². The third kappa shape index (κ3) is 3.36. The number of nitrogens with zero attached hydrogens (tertiary/aromatic N) is 2. The number of hydrogen-bond donors (Lipinski definition) is 4. The predicted octanol–water partition coefficient (Wildman–Crippen LogP) is 0.899. The zero-order valence-electron chi connectivity index (χ0n) is 12.8. The Hall–Kier alpha value is -2.77. The lowest BCUT2D eigenvalue weighted by atomic mass is 10.2. The lowest BCUT2D eigenvalue weighted by Gasteiger charge is -2.16. The Morgan fingerprint density at radius 3 is 2.78 bits per heavy atom. The standard InChI is InChI=1S/C15H20N6O2/c16-9-18-11-8-13-12(19-15(23)20-13)7-10(11)17-4-2-6-21-5-1-3-14(21)22/h7-9,17H,1-6H2,(H2,16,18)(H2,19,20,23). The van der Waals surface area contributed by atoms with E-state index in [-0.39, 0.29) is 11.6 Å². The summed E-state index contributed by atoms with van der Waals surface area (Å²) in [6.07, 6.45) is 3.69. The smallest absolute Gasteiger partial charge is 0.323 e. The maximum atomic E-state index is 11.6. The molecule has 1 aromatic heterocycles. The fourth-order valence-electron chi connectivity index (χ4n) is 2.83. The average Bonchev–Trinajstić information content (AvgIpc) is 3.08. The Morgan fingerprint density at radius 2 is 2.09 bits per heavy atom. The summed E-state index contributed by atoms with van der Waals surface area (Å²) in [5.74, 6) is 0.240. The van der Waals surface area contributed by atoms with Gasteiger partial charge >= 0.3 is 5.69 Å². The van der Waals surface area contributed by atoms with Crippen molar-refractivity contribution < 1.29 is 4.79 Å². The first-order chi connectivity index (χ1) is 11.2. The summed E-state index contributed by atoms with van der Waals surface area (Å²) in [6, 6.07) is 3.60. The van der Waals surface area contributed by atoms with Gasteiger partial charge in [-0.2, -0.15) is 0 Å². The van der Waals surface area contributed by atoms with Gasteiger partial charge in [-0.15, -0.1) is 0 Å². The summed E-state index contributed by atoms with van der Waals surface area (Å²) < 4.78 is 0. The highest BCUT2D eigenvalue weighted by Crippen LogP contribution is 2.28. The van der Waals surface area contributed by atoms with Crippen LogP contribution in [-0.2, 0) is 4.79 Å². The third-order valence-electron chi connectivity index (χ3n) is 3.94. The molecule has 8 heteroatoms. The van der Waals surface area contributed by atoms with Gasteiger partial charge in [0.1, 0.15) is 0 Å². The number of amides is 1. The maximum Gasteiger partial charge on any atom is 0.323 e. The Kier molecular flexibility index (Phi) is 4.31. The van der Waals surface area contributed by atoms with Gasteiger partial charge in [0, 0.05) is 26.1 Å². The number of fused-ring (bicyclic) bond motifs is 1. The number of hydrogen-bond acceptors (Lipinski definition) is 4. The molecule has 0 aliphatic carbocycles. The first-order valence-electron chi connectivity index (χ1n) is 7.69. The van der Waals surface area contributed by atoms with Crippen LogP contribution in [-0.4, -0.2) is 46.7 Å². The molecule has 0 radical (unpaired) electrons. The van der Waals surface area contributed by atoms with Gasteiger partial charge in [-0.25, -0.2) is 9.79 Å². The van der Waals surface area contributed by atoms with Crippen molar-refractivity contribution in [1.82, 2.24) is 14.9 Å². The van der Waals surface area contributed by atoms with E-state index in [1.807, 2.05) is 11.0 Å². The van der Waals surface area contributed by atoms with E-state index < -0.39 is 0 Å². The summed E-state index contributed by atoms with van der Waals surface area (Å²) in [5, 5.41) is 3.30. The van der Waals surface area contributed by atoms with Gasteiger partial charge in [-0.3, -0.25) is 4.79 Å². The number of H-pyrrole nitrogens is 2. The Balaban J connectivity index is 1.67. The van der Waals surface area contributed by atoms with Gasteiger partial charge < -0.3 is 25.9 Å². The minimum atomic E-state index is -0.257. The van der Waals surface area contributed by atoms with Crippen LogP contribution in [0.4, 0.5) is 11.4 Å². The molecule has 2 heterocycles. The van der Waals surface area contributed by atoms with Crippen LogP contribution in [0, 0.1) is 0 Å². The Labute approximate surface area is 132 Å². The van der Waals surface area contributed by atoms with Crippen LogP contribution in [0.25, 0.3) is 11.0 Å². The van der Waals surface area contributed by atoms with Gasteiger partial charge in [0.2, 0.25) is 5.91 Å². The summed E-state index contributed by atoms with van der Waals surface area (Å²) >= 11 is 0. The molecule has 1 aromatic carbocycles. The van der Waals surface area contributed by atoms with Crippen molar-refractivity contribution in [2.24, 2.45) is 10.7 Å². The van der Waals surface area contributed by atoms with Crippen LogP contribution in [0.2, 0.25) is 0 Å². The van der Waals surface area contributed by atoms with E-state index in [1.165, 1.54) is 6.34 Å². The highest BCUT2D eigenvalue weighted by molar-refractivity contribution is 5.87. The number of aromatic nitrogens is 2. The second kappa shape index (κ2) is 6.55. The number of imidazole rings is 1. The van der Waals surface area contributed by atoms with Crippen molar-refractivity contribution in [2.45, 2.75) is 19.3 Å². The van der Waals surface area contributed by atoms with Gasteiger partial charge in [-0.1, -0.05) is 0 Å². The number of aromatic amines is 2. The van der Waals surface area contributed by atoms with Crippen LogP contribution in [0.3, 0.4) is 0 Å². The van der Waals surface area contributed by atoms with E-state index in [9.17, 15) is 9.59 Å². The highest BCUT2D eigenvalue weighted by atomic mass is 16.2. The van der Waals surface area contributed by atoms with Gasteiger partial charge in [-0.05, 0) is 25.0 Å². The zero-order chi connectivity index (χ0) is 16.2. The monoisotopic (exact) mass is 316 g/mol. The van der Waals surface area contributed by atoms with Crippen molar-refractivity contribution in [1.29, 1.82) is 0 Å². The fraction of sp³-hybridized carbons (Fsp3) is 0.400. The van der Waals surface area contributed by atoms with Crippen molar-refractivity contribution in [3.05, 3.63) is 22.6 Å². The average molecular weight is 316 g/mol. The predicted molar refractivity (Wildman–Crippen MR) is 90.2 cm³/mol. The lowest BCUT2D eigenvalue weighted by Crippen LogP contribution is -2.26. The molecule has 3 rings (SSSR count). The van der Waals surface area contributed by atoms with E-state index in [2.05, 4.69) is 20.3 Å². The fourth-order valence-corrected chi connectivity index (χ4v) is 2.83. The summed E-state index contributed by atoms with van der Waals surface area (Å²) in [5.41, 5.74) is 7.98. The zero-order valence-corrected chi connectivity index (χ0v) is 12.8. The van der Waals surface area contributed by atoms with E-state index in [4.69, 9.17) is 5.73 Å². The highest BCUT2D eigenvalue weighted by Gasteiger charge is 2.18. The first kappa shape index (κ1) is 15.1. The molecule has 1 saturated heterocycles. The molecule has 1 aliphatic heterocycles. The van der Waals surface area contributed by atoms with Crippen molar-refractivity contribution in [3.63, 3.8) is 0 Å². The van der Waals surface area contributed by atoms with Gasteiger partial charge in [0.25, 0.3) is 0 Å². The number of nitrogens with two attached hydrogens (primary N) is 1. The second-order valence-corrected chi connectivity index (χ2v) is 5.54. The number of rotatable bonds is 6. The minimum Gasteiger partial charge on any atom is -0.390 e. The number of aliphatic imine (C=N–C) groups is 1. The number of benzene rings is 1. The summed E-state index contributed by atoms with van der Waals surface area (Å²) in [6.45, 7) is 2.32. The van der Waals surface area contributed by atoms with Crippen molar-refractivity contribution >= 4 is 34.7 Å². The molecule has 122 valence electrons. The van der Waals surface area contributed by atoms with Gasteiger partial charge in [0.05, 0.1) is 28.7 Å². The molecule has 5 N–H and O–H groups in total. The molecule has 0 bridgehead atoms. The summed E-state index contributed by atoms with van der Waals surface area (Å²) in [4.78, 5) is 34.4. The Bertz CT molecular complexity index is 791. The third-order valence-corrected chi connectivity index (χ3v) is 3.94. The molecule has 8 nitrogen and oxygen atoms in total. The van der Waals surface area contributed by atoms with E-state index in [1.54, 1.807) is 6.07 Å². The van der Waals surface area contributed by atoms with E-state index in [0.717, 1.165) is 31.6 Å². The van der Waals surface area contributed by atoms with Crippen LogP contribution in [0.1, 0.15) is 19.3 Å². The normalized spacial score (nSPS) is 15.1. The molecule has 0 unspecified atom stereocenters. The molecule has 1 aliphatic rings. The molecule has 1 fully saturated rings. The number of carbonyl (C=O) groups is 1. The van der Waals surface area contributed by atoms with Crippen molar-refractivity contribution in [2.75, 3.05) is 25.0 Å². The number of nitrogens with one attached hydrogen (secondary N) is 3. The van der Waals surface area contributed by atoms with Crippen LogP contribution >= 0.6 is 0 Å². The Morgan fingerprint density at radius 1 is 1.30 bits per heavy atom. The molecular weight excluding hydrogens is 296 g/mol. The molecule has 23 heavy (non-hydrogen) atoms. The van der Waals surface area contributed by atoms with Crippen LogP contribution in [0.15, 0.2) is 21.9 Å². The van der Waals surface area contributed by atoms with E-state index >= 15 is 0 Å². The van der Waals surface area contributed by atoms with Gasteiger partial charge in [0.15, 0.2) is 0 Å². The second-order valence-electron chi connectivity index (χ2n) is 5.54. The quantitative estimate of drug-likeness (QED) is 0.359. The van der Waals surface area contributed by atoms with Crippen LogP contribution < -0.4 is 16.7 Å². The SMILES string of the molecule is NC=Nc1cc2[nH]c(=O)[nH]c2cc1NCCCN1CCCC1=O. The molecule has 2 aromatic rings. The van der Waals surface area contributed by atoms with Crippen LogP contribution in [0.5, 0.6) is 0 Å². The minimum absolute atomic E-state index is 0.240. The topological polar surface area (TPSA) is 119 Å². The molecule has 0 spiro atoms. The maximum absolute atomic E-state index is 11.6. The largest absolute Gasteiger partial charge is 0.390 e. The lowest BCUT2D eigenvalue weighted by molar-refractivity contribution is -0.127. The number of anilines is 1. The first-order valence-corrected chi connectivity index (χ1v) is 7.69. The molecular formula is C15H20N6O2.